The first-order valence-corrected chi connectivity index (χ1v) is 11.0. The van der Waals surface area contributed by atoms with Crippen LogP contribution in [0.5, 0.6) is 0 Å². The van der Waals surface area contributed by atoms with E-state index in [0.717, 1.165) is 46.1 Å². The van der Waals surface area contributed by atoms with Crippen LogP contribution in [0.2, 0.25) is 5.02 Å². The molecule has 1 amide bonds. The molecule has 1 fully saturated rings. The summed E-state index contributed by atoms with van der Waals surface area (Å²) in [7, 11) is 1.65. The highest BCUT2D eigenvalue weighted by molar-refractivity contribution is 6.31. The van der Waals surface area contributed by atoms with Crippen molar-refractivity contribution in [3.63, 3.8) is 0 Å². The van der Waals surface area contributed by atoms with E-state index in [1.807, 2.05) is 29.2 Å². The summed E-state index contributed by atoms with van der Waals surface area (Å²) < 4.78 is 10.9. The van der Waals surface area contributed by atoms with Crippen LogP contribution in [0.3, 0.4) is 0 Å². The fourth-order valence-electron chi connectivity index (χ4n) is 4.00. The normalized spacial score (nSPS) is 16.0. The zero-order valence-electron chi connectivity index (χ0n) is 17.9. The third-order valence-corrected chi connectivity index (χ3v) is 5.83. The Balaban J connectivity index is 1.76. The van der Waals surface area contributed by atoms with Crippen LogP contribution in [-0.2, 0) is 20.8 Å². The average molecular weight is 439 g/mol. The van der Waals surface area contributed by atoms with Crippen LogP contribution < -0.4 is 0 Å². The number of benzene rings is 2. The van der Waals surface area contributed by atoms with Gasteiger partial charge in [-0.05, 0) is 49.6 Å². The molecule has 31 heavy (non-hydrogen) atoms. The summed E-state index contributed by atoms with van der Waals surface area (Å²) >= 11 is 6.22. The molecule has 162 valence electrons. The second-order valence-corrected chi connectivity index (χ2v) is 8.39. The SMILES string of the molecule is COCCN(Cc1cc2ccc(Cl)cc2nc1-c1cccc(C)c1)C(=O)[C@H]1CCCO1. The fraction of sp³-hybridized carbons (Fsp3) is 0.360. The molecule has 2 heterocycles. The van der Waals surface area contributed by atoms with Gasteiger partial charge in [-0.1, -0.05) is 41.4 Å². The molecule has 0 N–H and O–H groups in total. The van der Waals surface area contributed by atoms with Crippen LogP contribution in [0.15, 0.2) is 48.5 Å². The van der Waals surface area contributed by atoms with E-state index in [9.17, 15) is 4.79 Å². The van der Waals surface area contributed by atoms with Gasteiger partial charge in [0.1, 0.15) is 6.10 Å². The molecule has 0 aliphatic carbocycles. The lowest BCUT2D eigenvalue weighted by Gasteiger charge is -2.26. The van der Waals surface area contributed by atoms with Gasteiger partial charge in [-0.25, -0.2) is 4.98 Å². The van der Waals surface area contributed by atoms with Crippen LogP contribution >= 0.6 is 11.6 Å². The highest BCUT2D eigenvalue weighted by atomic mass is 35.5. The molecule has 4 rings (SSSR count). The van der Waals surface area contributed by atoms with Crippen molar-refractivity contribution in [2.24, 2.45) is 0 Å². The first-order chi connectivity index (χ1) is 15.0. The zero-order chi connectivity index (χ0) is 21.8. The van der Waals surface area contributed by atoms with Gasteiger partial charge in [0.2, 0.25) is 0 Å². The lowest BCUT2D eigenvalue weighted by atomic mass is 10.0. The number of pyridine rings is 1. The molecular formula is C25H27ClN2O3. The number of halogens is 1. The number of nitrogens with zero attached hydrogens (tertiary/aromatic N) is 2. The Hall–Kier alpha value is -2.47. The molecule has 1 saturated heterocycles. The standard InChI is InChI=1S/C25H27ClN2O3/c1-17-5-3-6-19(13-17)24-20(14-18-8-9-21(26)15-22(18)27-24)16-28(10-12-30-2)25(29)23-7-4-11-31-23/h3,5-6,8-9,13-15,23H,4,7,10-12,16H2,1-2H3/t23-/m1/s1. The van der Waals surface area contributed by atoms with E-state index in [-0.39, 0.29) is 12.0 Å². The van der Waals surface area contributed by atoms with E-state index in [2.05, 4.69) is 31.2 Å². The Morgan fingerprint density at radius 1 is 1.26 bits per heavy atom. The van der Waals surface area contributed by atoms with Gasteiger partial charge in [-0.2, -0.15) is 0 Å². The summed E-state index contributed by atoms with van der Waals surface area (Å²) in [6, 6.07) is 16.1. The summed E-state index contributed by atoms with van der Waals surface area (Å²) in [4.78, 5) is 20.0. The van der Waals surface area contributed by atoms with Crippen LogP contribution in [0.4, 0.5) is 0 Å². The van der Waals surface area contributed by atoms with E-state index < -0.39 is 0 Å². The van der Waals surface area contributed by atoms with Crippen LogP contribution in [0, 0.1) is 6.92 Å². The summed E-state index contributed by atoms with van der Waals surface area (Å²) in [5.41, 5.74) is 4.86. The Morgan fingerprint density at radius 2 is 2.13 bits per heavy atom. The first kappa shape index (κ1) is 21.8. The minimum atomic E-state index is -0.369. The van der Waals surface area contributed by atoms with Gasteiger partial charge in [0.05, 0.1) is 17.8 Å². The number of carbonyl (C=O) groups is 1. The molecule has 5 nitrogen and oxygen atoms in total. The lowest BCUT2D eigenvalue weighted by molar-refractivity contribution is -0.142. The third-order valence-electron chi connectivity index (χ3n) is 5.59. The second kappa shape index (κ2) is 9.77. The van der Waals surface area contributed by atoms with Crippen LogP contribution in [-0.4, -0.2) is 48.8 Å². The topological polar surface area (TPSA) is 51.7 Å². The first-order valence-electron chi connectivity index (χ1n) is 10.6. The van der Waals surface area contributed by atoms with Crippen molar-refractivity contribution >= 4 is 28.4 Å². The molecule has 0 spiro atoms. The maximum absolute atomic E-state index is 13.2. The van der Waals surface area contributed by atoms with Crippen molar-refractivity contribution in [3.05, 3.63) is 64.7 Å². The average Bonchev–Trinajstić information content (AvgIpc) is 3.30. The van der Waals surface area contributed by atoms with E-state index in [4.69, 9.17) is 26.1 Å². The van der Waals surface area contributed by atoms with E-state index >= 15 is 0 Å². The number of methoxy groups -OCH3 is 1. The smallest absolute Gasteiger partial charge is 0.252 e. The number of aryl methyl sites for hydroxylation is 1. The highest BCUT2D eigenvalue weighted by Crippen LogP contribution is 2.29. The van der Waals surface area contributed by atoms with E-state index in [0.29, 0.717) is 31.3 Å². The molecule has 0 saturated carbocycles. The monoisotopic (exact) mass is 438 g/mol. The molecule has 1 aromatic heterocycles. The minimum Gasteiger partial charge on any atom is -0.383 e. The predicted molar refractivity (Wildman–Crippen MR) is 123 cm³/mol. The molecule has 1 aliphatic heterocycles. The largest absolute Gasteiger partial charge is 0.383 e. The van der Waals surface area contributed by atoms with Crippen molar-refractivity contribution in [2.75, 3.05) is 26.9 Å². The van der Waals surface area contributed by atoms with Gasteiger partial charge in [-0.3, -0.25) is 4.79 Å². The third kappa shape index (κ3) is 5.06. The van der Waals surface area contributed by atoms with E-state index in [1.54, 1.807) is 7.11 Å². The number of rotatable bonds is 7. The number of fused-ring (bicyclic) bond motifs is 1. The molecule has 0 unspecified atom stereocenters. The molecule has 2 aromatic carbocycles. The number of aromatic nitrogens is 1. The Kier molecular flexibility index (Phi) is 6.86. The molecule has 1 aliphatic rings. The molecule has 3 aromatic rings. The lowest BCUT2D eigenvalue weighted by Crippen LogP contribution is -2.40. The van der Waals surface area contributed by atoms with Crippen molar-refractivity contribution in [1.82, 2.24) is 9.88 Å². The molecule has 0 bridgehead atoms. The maximum Gasteiger partial charge on any atom is 0.252 e. The van der Waals surface area contributed by atoms with Gasteiger partial charge in [0, 0.05) is 42.8 Å². The molecule has 1 atom stereocenters. The quantitative estimate of drug-likeness (QED) is 0.519. The summed E-state index contributed by atoms with van der Waals surface area (Å²) in [6.07, 6.45) is 1.31. The predicted octanol–water partition coefficient (Wildman–Crippen LogP) is 5.02. The minimum absolute atomic E-state index is 0.0148. The highest BCUT2D eigenvalue weighted by Gasteiger charge is 2.29. The van der Waals surface area contributed by atoms with Crippen molar-refractivity contribution in [2.45, 2.75) is 32.4 Å². The van der Waals surface area contributed by atoms with Gasteiger partial charge in [0.25, 0.3) is 5.91 Å². The fourth-order valence-corrected chi connectivity index (χ4v) is 4.16. The van der Waals surface area contributed by atoms with Crippen molar-refractivity contribution in [3.8, 4) is 11.3 Å². The van der Waals surface area contributed by atoms with Crippen LogP contribution in [0.1, 0.15) is 24.0 Å². The van der Waals surface area contributed by atoms with Gasteiger partial charge >= 0.3 is 0 Å². The molecule has 6 heteroatoms. The number of hydrogen-bond acceptors (Lipinski definition) is 4. The summed E-state index contributed by atoms with van der Waals surface area (Å²) in [6.45, 7) is 4.11. The number of carbonyl (C=O) groups excluding carboxylic acids is 1. The maximum atomic E-state index is 13.2. The Labute approximate surface area is 187 Å². The van der Waals surface area contributed by atoms with Gasteiger partial charge in [0.15, 0.2) is 0 Å². The summed E-state index contributed by atoms with van der Waals surface area (Å²) in [5, 5.41) is 1.64. The van der Waals surface area contributed by atoms with Crippen molar-refractivity contribution < 1.29 is 14.3 Å². The van der Waals surface area contributed by atoms with E-state index in [1.165, 1.54) is 0 Å². The number of hydrogen-bond donors (Lipinski definition) is 0. The molecular weight excluding hydrogens is 412 g/mol. The number of amides is 1. The second-order valence-electron chi connectivity index (χ2n) is 7.96. The zero-order valence-corrected chi connectivity index (χ0v) is 18.7. The van der Waals surface area contributed by atoms with Crippen LogP contribution in [0.25, 0.3) is 22.2 Å². The molecule has 0 radical (unpaired) electrons. The van der Waals surface area contributed by atoms with Gasteiger partial charge in [-0.15, -0.1) is 0 Å². The van der Waals surface area contributed by atoms with Gasteiger partial charge < -0.3 is 14.4 Å². The number of ether oxygens (including phenoxy) is 2. The van der Waals surface area contributed by atoms with Crippen molar-refractivity contribution in [1.29, 1.82) is 0 Å². The Bertz CT molecular complexity index is 1080. The Morgan fingerprint density at radius 3 is 2.87 bits per heavy atom. The summed E-state index contributed by atoms with van der Waals surface area (Å²) in [5.74, 6) is 0.0148.